The molecule has 0 unspecified atom stereocenters. The van der Waals surface area contributed by atoms with Gasteiger partial charge in [0.25, 0.3) is 0 Å². The van der Waals surface area contributed by atoms with Crippen molar-refractivity contribution in [2.75, 3.05) is 18.6 Å². The van der Waals surface area contributed by atoms with Gasteiger partial charge in [0.2, 0.25) is 0 Å². The van der Waals surface area contributed by atoms with Crippen LogP contribution in [0.15, 0.2) is 35.4 Å². The van der Waals surface area contributed by atoms with E-state index in [-0.39, 0.29) is 0 Å². The second-order valence-corrected chi connectivity index (χ2v) is 4.28. The quantitative estimate of drug-likeness (QED) is 0.846. The summed E-state index contributed by atoms with van der Waals surface area (Å²) in [5.41, 5.74) is 6.84. The second kappa shape index (κ2) is 5.14. The number of benzene rings is 1. The number of anilines is 1. The topological polar surface area (TPSA) is 53.1 Å². The lowest BCUT2D eigenvalue weighted by molar-refractivity contribution is 0.340. The highest BCUT2D eigenvalue weighted by Crippen LogP contribution is 2.21. The van der Waals surface area contributed by atoms with E-state index >= 15 is 0 Å². The van der Waals surface area contributed by atoms with E-state index in [2.05, 4.69) is 5.10 Å². The predicted molar refractivity (Wildman–Crippen MR) is 70.9 cm³/mol. The fourth-order valence-corrected chi connectivity index (χ4v) is 1.93. The van der Waals surface area contributed by atoms with Crippen molar-refractivity contribution in [2.24, 2.45) is 0 Å². The number of hydrogen-bond acceptors (Lipinski definition) is 4. The Labute approximate surface area is 105 Å². The second-order valence-electron chi connectivity index (χ2n) is 3.45. The van der Waals surface area contributed by atoms with E-state index in [9.17, 15) is 0 Å². The Morgan fingerprint density at radius 2 is 2.06 bits per heavy atom. The average Bonchev–Trinajstić information content (AvgIpc) is 2.72. The highest BCUT2D eigenvalue weighted by atomic mass is 32.2. The fraction of sp³-hybridized carbons (Fsp3) is 0.250. The molecule has 0 spiro atoms. The first-order chi connectivity index (χ1) is 8.24. The van der Waals surface area contributed by atoms with Crippen molar-refractivity contribution < 1.29 is 4.74 Å². The van der Waals surface area contributed by atoms with Crippen molar-refractivity contribution >= 4 is 17.6 Å². The summed E-state index contributed by atoms with van der Waals surface area (Å²) in [6.07, 6.45) is 1.98. The summed E-state index contributed by atoms with van der Waals surface area (Å²) in [5.74, 6) is 1.49. The molecule has 4 nitrogen and oxygen atoms in total. The molecule has 0 amide bonds. The SMILES string of the molecule is CCOc1ccc(-n2nc(SC)cc2N)cc1. The summed E-state index contributed by atoms with van der Waals surface area (Å²) >= 11 is 1.57. The Hall–Kier alpha value is -1.62. The van der Waals surface area contributed by atoms with Crippen LogP contribution in [0.3, 0.4) is 0 Å². The monoisotopic (exact) mass is 249 g/mol. The highest BCUT2D eigenvalue weighted by Gasteiger charge is 2.06. The van der Waals surface area contributed by atoms with Gasteiger partial charge in [-0.25, -0.2) is 4.68 Å². The molecule has 90 valence electrons. The van der Waals surface area contributed by atoms with Gasteiger partial charge < -0.3 is 10.5 Å². The van der Waals surface area contributed by atoms with Crippen molar-refractivity contribution in [2.45, 2.75) is 11.9 Å². The molecule has 2 N–H and O–H groups in total. The lowest BCUT2D eigenvalue weighted by atomic mass is 10.3. The number of nitrogens with zero attached hydrogens (tertiary/aromatic N) is 2. The first-order valence-electron chi connectivity index (χ1n) is 5.37. The lowest BCUT2D eigenvalue weighted by Gasteiger charge is -2.06. The average molecular weight is 249 g/mol. The van der Waals surface area contributed by atoms with Gasteiger partial charge >= 0.3 is 0 Å². The maximum atomic E-state index is 5.90. The van der Waals surface area contributed by atoms with E-state index in [1.807, 2.05) is 43.5 Å². The molecule has 0 radical (unpaired) electrons. The minimum absolute atomic E-state index is 0.638. The Morgan fingerprint density at radius 1 is 1.35 bits per heavy atom. The molecule has 0 fully saturated rings. The highest BCUT2D eigenvalue weighted by molar-refractivity contribution is 7.98. The van der Waals surface area contributed by atoms with Crippen LogP contribution in [0.2, 0.25) is 0 Å². The number of hydrogen-bond donors (Lipinski definition) is 1. The van der Waals surface area contributed by atoms with Gasteiger partial charge in [0.05, 0.1) is 12.3 Å². The molecule has 0 aliphatic carbocycles. The minimum atomic E-state index is 0.638. The number of thioether (sulfide) groups is 1. The van der Waals surface area contributed by atoms with E-state index < -0.39 is 0 Å². The zero-order valence-corrected chi connectivity index (χ0v) is 10.7. The van der Waals surface area contributed by atoms with Gasteiger partial charge in [-0.15, -0.1) is 11.8 Å². The van der Waals surface area contributed by atoms with E-state index in [1.54, 1.807) is 16.4 Å². The van der Waals surface area contributed by atoms with Crippen LogP contribution in [-0.2, 0) is 0 Å². The molecule has 0 saturated heterocycles. The summed E-state index contributed by atoms with van der Waals surface area (Å²) in [6, 6.07) is 9.58. The molecule has 17 heavy (non-hydrogen) atoms. The van der Waals surface area contributed by atoms with Gasteiger partial charge in [-0.3, -0.25) is 0 Å². The molecule has 0 atom stereocenters. The summed E-state index contributed by atoms with van der Waals surface area (Å²) < 4.78 is 7.11. The molecular formula is C12H15N3OS. The molecular weight excluding hydrogens is 234 g/mol. The van der Waals surface area contributed by atoms with E-state index in [4.69, 9.17) is 10.5 Å². The first-order valence-corrected chi connectivity index (χ1v) is 6.60. The third kappa shape index (κ3) is 2.55. The molecule has 2 rings (SSSR count). The van der Waals surface area contributed by atoms with Gasteiger partial charge in [-0.05, 0) is 37.4 Å². The third-order valence-corrected chi connectivity index (χ3v) is 2.93. The first kappa shape index (κ1) is 11.9. The molecule has 2 aromatic rings. The number of nitrogens with two attached hydrogens (primary N) is 1. The predicted octanol–water partition coefficient (Wildman–Crippen LogP) is 2.58. The van der Waals surface area contributed by atoms with Crippen LogP contribution in [0.1, 0.15) is 6.92 Å². The number of aromatic nitrogens is 2. The molecule has 0 aliphatic heterocycles. The van der Waals surface area contributed by atoms with Gasteiger partial charge in [0, 0.05) is 6.07 Å². The Balaban J connectivity index is 2.29. The molecule has 5 heteroatoms. The molecule has 0 bridgehead atoms. The smallest absolute Gasteiger partial charge is 0.128 e. The van der Waals surface area contributed by atoms with Crippen LogP contribution in [0.4, 0.5) is 5.82 Å². The van der Waals surface area contributed by atoms with E-state index in [1.165, 1.54) is 0 Å². The van der Waals surface area contributed by atoms with Crippen molar-refractivity contribution in [1.82, 2.24) is 9.78 Å². The van der Waals surface area contributed by atoms with E-state index in [0.29, 0.717) is 12.4 Å². The number of ether oxygens (including phenoxy) is 1. The largest absolute Gasteiger partial charge is 0.494 e. The maximum Gasteiger partial charge on any atom is 0.128 e. The summed E-state index contributed by atoms with van der Waals surface area (Å²) in [7, 11) is 0. The number of nitrogen functional groups attached to an aromatic ring is 1. The third-order valence-electron chi connectivity index (χ3n) is 2.32. The van der Waals surface area contributed by atoms with Crippen molar-refractivity contribution in [3.8, 4) is 11.4 Å². The van der Waals surface area contributed by atoms with Gasteiger partial charge in [0.1, 0.15) is 16.6 Å². The van der Waals surface area contributed by atoms with Gasteiger partial charge in [-0.1, -0.05) is 0 Å². The van der Waals surface area contributed by atoms with Gasteiger partial charge in [-0.2, -0.15) is 5.10 Å². The van der Waals surface area contributed by atoms with Gasteiger partial charge in [0.15, 0.2) is 0 Å². The maximum absolute atomic E-state index is 5.90. The normalized spacial score (nSPS) is 10.5. The lowest BCUT2D eigenvalue weighted by Crippen LogP contribution is -2.01. The number of rotatable bonds is 4. The Morgan fingerprint density at radius 3 is 2.59 bits per heavy atom. The van der Waals surface area contributed by atoms with Crippen LogP contribution in [-0.4, -0.2) is 22.6 Å². The minimum Gasteiger partial charge on any atom is -0.494 e. The van der Waals surface area contributed by atoms with Crippen LogP contribution >= 0.6 is 11.8 Å². The van der Waals surface area contributed by atoms with Crippen molar-refractivity contribution in [3.63, 3.8) is 0 Å². The molecule has 1 heterocycles. The zero-order valence-electron chi connectivity index (χ0n) is 9.88. The summed E-state index contributed by atoms with van der Waals surface area (Å²) in [5, 5.41) is 5.30. The van der Waals surface area contributed by atoms with Crippen LogP contribution < -0.4 is 10.5 Å². The zero-order chi connectivity index (χ0) is 12.3. The molecule has 0 saturated carbocycles. The molecule has 1 aromatic heterocycles. The van der Waals surface area contributed by atoms with Crippen LogP contribution in [0, 0.1) is 0 Å². The molecule has 0 aliphatic rings. The van der Waals surface area contributed by atoms with Crippen molar-refractivity contribution in [1.29, 1.82) is 0 Å². The van der Waals surface area contributed by atoms with Crippen molar-refractivity contribution in [3.05, 3.63) is 30.3 Å². The Bertz CT molecular complexity index is 493. The van der Waals surface area contributed by atoms with Crippen LogP contribution in [0.25, 0.3) is 5.69 Å². The molecule has 1 aromatic carbocycles. The summed E-state index contributed by atoms with van der Waals surface area (Å²) in [4.78, 5) is 0. The fourth-order valence-electron chi connectivity index (χ4n) is 1.53. The standard InChI is InChI=1S/C12H15N3OS/c1-3-16-10-6-4-9(5-7-10)15-11(13)8-12(14-15)17-2/h4-8H,3,13H2,1-2H3. The van der Waals surface area contributed by atoms with E-state index in [0.717, 1.165) is 16.5 Å². The van der Waals surface area contributed by atoms with Crippen LogP contribution in [0.5, 0.6) is 5.75 Å². The summed E-state index contributed by atoms with van der Waals surface area (Å²) in [6.45, 7) is 2.63. The Kier molecular flexibility index (Phi) is 3.58.